The van der Waals surface area contributed by atoms with Gasteiger partial charge in [0.15, 0.2) is 24.6 Å². The molecule has 1 heterocycles. The van der Waals surface area contributed by atoms with E-state index >= 15 is 0 Å². The molecule has 0 aliphatic carbocycles. The van der Waals surface area contributed by atoms with E-state index in [2.05, 4.69) is 118 Å². The molecule has 79 heavy (non-hydrogen) atoms. The molecule has 0 aromatic rings. The van der Waals surface area contributed by atoms with Crippen molar-refractivity contribution in [3.63, 3.8) is 0 Å². The van der Waals surface area contributed by atoms with Gasteiger partial charge in [0, 0.05) is 12.8 Å². The first-order valence-corrected chi connectivity index (χ1v) is 30.5. The number of rotatable bonds is 50. The molecule has 0 aromatic heterocycles. The Hall–Kier alpha value is -4.88. The molecule has 0 bridgehead atoms. The van der Waals surface area contributed by atoms with Crippen molar-refractivity contribution in [2.75, 3.05) is 13.2 Å². The van der Waals surface area contributed by atoms with Gasteiger partial charge in [-0.2, -0.15) is 0 Å². The normalized spacial score (nSPS) is 18.7. The average Bonchev–Trinajstić information content (AvgIpc) is 3.44. The highest BCUT2D eigenvalue weighted by atomic mass is 16.7. The predicted molar refractivity (Wildman–Crippen MR) is 321 cm³/mol. The molecule has 12 nitrogen and oxygen atoms in total. The van der Waals surface area contributed by atoms with Gasteiger partial charge in [-0.05, 0) is 109 Å². The number of aliphatic hydroxyl groups is 2. The Labute approximate surface area is 478 Å². The molecule has 0 aromatic carbocycles. The first-order chi connectivity index (χ1) is 38.6. The maximum absolute atomic E-state index is 13.1. The molecule has 0 spiro atoms. The summed E-state index contributed by atoms with van der Waals surface area (Å²) in [6.07, 6.45) is 62.0. The maximum Gasteiger partial charge on any atom is 0.335 e. The molecule has 1 rings (SSSR count). The van der Waals surface area contributed by atoms with Gasteiger partial charge in [-0.1, -0.05) is 219 Å². The highest BCUT2D eigenvalue weighted by Gasteiger charge is 2.50. The predicted octanol–water partition coefficient (Wildman–Crippen LogP) is 16.0. The minimum Gasteiger partial charge on any atom is -0.479 e. The number of ether oxygens (including phenoxy) is 5. The molecule has 6 unspecified atom stereocenters. The van der Waals surface area contributed by atoms with E-state index in [1.54, 1.807) is 12.2 Å². The lowest BCUT2D eigenvalue weighted by Crippen LogP contribution is -2.61. The number of aliphatic hydroxyl groups excluding tert-OH is 2. The van der Waals surface area contributed by atoms with Gasteiger partial charge in [-0.15, -0.1) is 0 Å². The van der Waals surface area contributed by atoms with Crippen molar-refractivity contribution >= 4 is 23.9 Å². The standard InChI is InChI=1S/C67H106O12/c1-4-7-10-13-16-19-22-25-28-29-30-31-34-35-38-41-44-47-50-53-59(68)75-56-58(77-60(69)54-51-48-45-42-39-36-32-26-23-20-17-14-11-8-5-2)57-76-67-65(63(72)62(71)64(79-67)66(73)74)78-61(70)55-52-49-46-43-40-37-33-27-24-21-18-15-12-9-6-3/h8-9,11-12,17-18,20-21,25-28,32-33,39-40,42-43,49,52,58,62-65,67,71-72H,4-7,10,13-16,19,22-24,29-31,34-38,41,44-48,50-51,53-57H2,1-3H3,(H,73,74)/b11-8-,12-9-,20-17-,21-18-,28-25-,32-26-,33-27-,42-39-,43-40-,52-49-. The molecule has 0 amide bonds. The second-order valence-corrected chi connectivity index (χ2v) is 20.2. The van der Waals surface area contributed by atoms with Crippen molar-refractivity contribution in [2.24, 2.45) is 0 Å². The summed E-state index contributed by atoms with van der Waals surface area (Å²) in [5, 5.41) is 31.5. The van der Waals surface area contributed by atoms with Gasteiger partial charge in [-0.3, -0.25) is 14.4 Å². The first-order valence-electron chi connectivity index (χ1n) is 30.5. The second kappa shape index (κ2) is 53.7. The number of aliphatic carboxylic acids is 1. The lowest BCUT2D eigenvalue weighted by atomic mass is 9.98. The summed E-state index contributed by atoms with van der Waals surface area (Å²) in [6.45, 7) is 5.68. The third-order valence-corrected chi connectivity index (χ3v) is 13.0. The van der Waals surface area contributed by atoms with Gasteiger partial charge in [0.05, 0.1) is 13.0 Å². The number of carboxylic acids is 1. The lowest BCUT2D eigenvalue weighted by molar-refractivity contribution is -0.301. The molecular formula is C67H106O12. The summed E-state index contributed by atoms with van der Waals surface area (Å²) in [4.78, 5) is 51.1. The average molecular weight is 1100 g/mol. The van der Waals surface area contributed by atoms with Gasteiger partial charge in [0.2, 0.25) is 0 Å². The summed E-state index contributed by atoms with van der Waals surface area (Å²) in [7, 11) is 0. The van der Waals surface area contributed by atoms with Crippen LogP contribution in [0.25, 0.3) is 0 Å². The van der Waals surface area contributed by atoms with E-state index in [1.165, 1.54) is 77.0 Å². The van der Waals surface area contributed by atoms with Crippen LogP contribution in [0.4, 0.5) is 0 Å². The molecule has 3 N–H and O–H groups in total. The zero-order valence-corrected chi connectivity index (χ0v) is 49.1. The Morgan fingerprint density at radius 1 is 0.443 bits per heavy atom. The van der Waals surface area contributed by atoms with Crippen molar-refractivity contribution in [1.29, 1.82) is 0 Å². The van der Waals surface area contributed by atoms with Crippen molar-refractivity contribution < 1.29 is 58.2 Å². The van der Waals surface area contributed by atoms with Crippen molar-refractivity contribution in [2.45, 2.75) is 263 Å². The second-order valence-electron chi connectivity index (χ2n) is 20.2. The van der Waals surface area contributed by atoms with Crippen LogP contribution in [0.3, 0.4) is 0 Å². The van der Waals surface area contributed by atoms with E-state index in [1.807, 2.05) is 12.2 Å². The van der Waals surface area contributed by atoms with Gasteiger partial charge >= 0.3 is 23.9 Å². The van der Waals surface area contributed by atoms with Gasteiger partial charge in [0.1, 0.15) is 18.8 Å². The maximum atomic E-state index is 13.1. The fraction of sp³-hybridized carbons (Fsp3) is 0.642. The quantitative estimate of drug-likeness (QED) is 0.0228. The molecule has 12 heteroatoms. The molecule has 0 radical (unpaired) electrons. The molecule has 0 saturated carbocycles. The van der Waals surface area contributed by atoms with Gasteiger partial charge in [0.25, 0.3) is 0 Å². The molecule has 1 fully saturated rings. The van der Waals surface area contributed by atoms with Crippen molar-refractivity contribution in [3.8, 4) is 0 Å². The van der Waals surface area contributed by atoms with Crippen LogP contribution in [0.5, 0.6) is 0 Å². The minimum absolute atomic E-state index is 0.0939. The summed E-state index contributed by atoms with van der Waals surface area (Å²) in [5.74, 6) is -3.36. The van der Waals surface area contributed by atoms with E-state index in [4.69, 9.17) is 23.7 Å². The molecule has 1 saturated heterocycles. The fourth-order valence-corrected chi connectivity index (χ4v) is 8.43. The number of unbranched alkanes of at least 4 members (excludes halogenated alkanes) is 17. The molecular weight excluding hydrogens is 997 g/mol. The van der Waals surface area contributed by atoms with Crippen LogP contribution in [-0.4, -0.2) is 89.2 Å². The van der Waals surface area contributed by atoms with Gasteiger partial charge in [-0.25, -0.2) is 4.79 Å². The zero-order chi connectivity index (χ0) is 57.5. The number of hydrogen-bond donors (Lipinski definition) is 3. The number of carbonyl (C=O) groups is 4. The number of carbonyl (C=O) groups excluding carboxylic acids is 3. The van der Waals surface area contributed by atoms with Crippen LogP contribution in [0.15, 0.2) is 122 Å². The van der Waals surface area contributed by atoms with Crippen LogP contribution in [0.1, 0.15) is 226 Å². The van der Waals surface area contributed by atoms with Crippen LogP contribution in [-0.2, 0) is 42.9 Å². The molecule has 446 valence electrons. The zero-order valence-electron chi connectivity index (χ0n) is 49.1. The fourth-order valence-electron chi connectivity index (χ4n) is 8.43. The third kappa shape index (κ3) is 43.6. The SMILES string of the molecule is CC/C=C\C/C=C\C/C=C\C/C=C\C/C=C\CC(=O)OC1C(OCC(COC(=O)CCCCCCCCCCC/C=C\CCCCCCCC)OC(=O)CCCC/C=C\C/C=C\C/C=C\C/C=C\CC)OC(C(=O)O)C(O)C1O. The van der Waals surface area contributed by atoms with E-state index in [0.717, 1.165) is 89.9 Å². The molecule has 1 aliphatic rings. The van der Waals surface area contributed by atoms with Crippen LogP contribution in [0, 0.1) is 0 Å². The van der Waals surface area contributed by atoms with Crippen LogP contribution in [0.2, 0.25) is 0 Å². The number of esters is 3. The number of allylic oxidation sites excluding steroid dienone is 19. The van der Waals surface area contributed by atoms with Crippen LogP contribution < -0.4 is 0 Å². The Balaban J connectivity index is 2.75. The Morgan fingerprint density at radius 2 is 0.835 bits per heavy atom. The summed E-state index contributed by atoms with van der Waals surface area (Å²) >= 11 is 0. The Bertz CT molecular complexity index is 1840. The van der Waals surface area contributed by atoms with E-state index in [-0.39, 0.29) is 25.9 Å². The minimum atomic E-state index is -1.95. The third-order valence-electron chi connectivity index (χ3n) is 13.0. The van der Waals surface area contributed by atoms with Crippen LogP contribution >= 0.6 is 0 Å². The van der Waals surface area contributed by atoms with E-state index in [9.17, 15) is 34.5 Å². The highest BCUT2D eigenvalue weighted by Crippen LogP contribution is 2.26. The van der Waals surface area contributed by atoms with Gasteiger partial charge < -0.3 is 39.0 Å². The lowest BCUT2D eigenvalue weighted by Gasteiger charge is -2.40. The first kappa shape index (κ1) is 72.1. The summed E-state index contributed by atoms with van der Waals surface area (Å²) in [6, 6.07) is 0. The summed E-state index contributed by atoms with van der Waals surface area (Å²) in [5.41, 5.74) is 0. The molecule has 1 aliphatic heterocycles. The Kier molecular flexibility index (Phi) is 49.1. The summed E-state index contributed by atoms with van der Waals surface area (Å²) < 4.78 is 28.3. The van der Waals surface area contributed by atoms with Crippen molar-refractivity contribution in [1.82, 2.24) is 0 Å². The smallest absolute Gasteiger partial charge is 0.335 e. The largest absolute Gasteiger partial charge is 0.479 e. The monoisotopic (exact) mass is 1100 g/mol. The van der Waals surface area contributed by atoms with E-state index < -0.39 is 67.3 Å². The topological polar surface area (TPSA) is 175 Å². The molecule has 6 atom stereocenters. The number of carboxylic acid groups (broad SMARTS) is 1. The number of hydrogen-bond acceptors (Lipinski definition) is 11. The Morgan fingerprint density at radius 3 is 1.32 bits per heavy atom. The van der Waals surface area contributed by atoms with E-state index in [0.29, 0.717) is 19.3 Å². The highest BCUT2D eigenvalue weighted by molar-refractivity contribution is 5.74. The van der Waals surface area contributed by atoms with Crippen molar-refractivity contribution in [3.05, 3.63) is 122 Å².